The topological polar surface area (TPSA) is 105 Å². The second kappa shape index (κ2) is 11.2. The highest BCUT2D eigenvalue weighted by Gasteiger charge is 2.09. The van der Waals surface area contributed by atoms with E-state index >= 15 is 0 Å². The van der Waals surface area contributed by atoms with Crippen LogP contribution in [-0.2, 0) is 0 Å². The van der Waals surface area contributed by atoms with Crippen molar-refractivity contribution in [3.63, 3.8) is 0 Å². The van der Waals surface area contributed by atoms with E-state index in [1.54, 1.807) is 42.6 Å². The van der Waals surface area contributed by atoms with Crippen molar-refractivity contribution in [2.24, 2.45) is 0 Å². The molecular formula is C28H24FN3O4. The molecule has 0 spiro atoms. The summed E-state index contributed by atoms with van der Waals surface area (Å²) < 4.78 is 18.7. The third-order valence-electron chi connectivity index (χ3n) is 5.37. The van der Waals surface area contributed by atoms with Gasteiger partial charge in [-0.1, -0.05) is 31.5 Å². The van der Waals surface area contributed by atoms with E-state index in [0.29, 0.717) is 34.7 Å². The number of benzene rings is 2. The number of ether oxygens (including phenoxy) is 1. The summed E-state index contributed by atoms with van der Waals surface area (Å²) >= 11 is 0. The van der Waals surface area contributed by atoms with Gasteiger partial charge in [0, 0.05) is 11.1 Å². The molecule has 182 valence electrons. The number of ketones is 1. The van der Waals surface area contributed by atoms with Gasteiger partial charge >= 0.3 is 0 Å². The maximum Gasteiger partial charge on any atom is 0.272 e. The van der Waals surface area contributed by atoms with Gasteiger partial charge in [0.15, 0.2) is 5.78 Å². The number of halogens is 1. The number of nitrogens with one attached hydrogen (secondary N) is 2. The lowest BCUT2D eigenvalue weighted by Crippen LogP contribution is -2.46. The highest BCUT2D eigenvalue weighted by molar-refractivity contribution is 6.09. The number of hydrogen-bond donors (Lipinski definition) is 2. The first kappa shape index (κ1) is 24.5. The van der Waals surface area contributed by atoms with Gasteiger partial charge in [-0.15, -0.1) is 0 Å². The summed E-state index contributed by atoms with van der Waals surface area (Å²) in [6.45, 7) is 2.69. The van der Waals surface area contributed by atoms with Crippen LogP contribution in [0.2, 0.25) is 0 Å². The summed E-state index contributed by atoms with van der Waals surface area (Å²) in [5.74, 6) is -0.0818. The average Bonchev–Trinajstić information content (AvgIpc) is 2.88. The van der Waals surface area contributed by atoms with Crippen molar-refractivity contribution in [1.82, 2.24) is 15.0 Å². The van der Waals surface area contributed by atoms with Crippen LogP contribution in [0.25, 0.3) is 12.2 Å². The maximum absolute atomic E-state index is 13.2. The van der Waals surface area contributed by atoms with E-state index in [1.807, 2.05) is 0 Å². The van der Waals surface area contributed by atoms with Gasteiger partial charge in [-0.2, -0.15) is 0 Å². The van der Waals surface area contributed by atoms with Gasteiger partial charge in [0.25, 0.3) is 11.1 Å². The molecule has 0 amide bonds. The Labute approximate surface area is 205 Å². The van der Waals surface area contributed by atoms with Crippen LogP contribution in [0.15, 0.2) is 76.4 Å². The van der Waals surface area contributed by atoms with Gasteiger partial charge in [0.05, 0.1) is 18.5 Å². The van der Waals surface area contributed by atoms with Gasteiger partial charge in [-0.3, -0.25) is 19.4 Å². The fourth-order valence-electron chi connectivity index (χ4n) is 3.45. The highest BCUT2D eigenvalue weighted by Crippen LogP contribution is 2.13. The van der Waals surface area contributed by atoms with Crippen molar-refractivity contribution in [2.75, 3.05) is 6.61 Å². The Morgan fingerprint density at radius 1 is 0.944 bits per heavy atom. The molecule has 0 unspecified atom stereocenters. The van der Waals surface area contributed by atoms with Crippen molar-refractivity contribution in [3.8, 4) is 5.75 Å². The average molecular weight is 486 g/mol. The molecule has 4 rings (SSSR count). The number of aromatic amines is 2. The van der Waals surface area contributed by atoms with E-state index in [-0.39, 0.29) is 16.5 Å². The summed E-state index contributed by atoms with van der Waals surface area (Å²) in [7, 11) is 0. The lowest BCUT2D eigenvalue weighted by molar-refractivity contribution is 0.103. The molecule has 2 aromatic carbocycles. The van der Waals surface area contributed by atoms with Crippen LogP contribution in [0.5, 0.6) is 5.75 Å². The monoisotopic (exact) mass is 485 g/mol. The van der Waals surface area contributed by atoms with E-state index in [4.69, 9.17) is 4.74 Å². The van der Waals surface area contributed by atoms with Crippen LogP contribution in [0, 0.1) is 5.82 Å². The Morgan fingerprint density at radius 3 is 2.33 bits per heavy atom. The predicted molar refractivity (Wildman–Crippen MR) is 135 cm³/mol. The van der Waals surface area contributed by atoms with E-state index in [2.05, 4.69) is 21.9 Å². The van der Waals surface area contributed by atoms with Crippen LogP contribution < -0.4 is 26.6 Å². The molecule has 0 aliphatic heterocycles. The third-order valence-corrected chi connectivity index (χ3v) is 5.37. The Bertz CT molecular complexity index is 1610. The Hall–Kier alpha value is -4.59. The maximum atomic E-state index is 13.2. The summed E-state index contributed by atoms with van der Waals surface area (Å²) in [5.41, 5.74) is 0.741. The van der Waals surface area contributed by atoms with Crippen molar-refractivity contribution >= 4 is 17.9 Å². The Morgan fingerprint density at radius 2 is 1.67 bits per heavy atom. The number of H-pyrrole nitrogens is 2. The van der Waals surface area contributed by atoms with E-state index in [0.717, 1.165) is 12.8 Å². The standard InChI is InChI=1S/C28H24FN3O4/c1-2-3-13-36-23-12-11-22(30-17-23)16-25-28(35)31-24(27(34)32-25)15-18-5-4-6-20(14-18)26(33)19-7-9-21(29)10-8-19/h4-12,14-17H,2-3,13H2,1H3,(H,31,35)(H,32,34). The first-order chi connectivity index (χ1) is 17.4. The third kappa shape index (κ3) is 6.09. The Kier molecular flexibility index (Phi) is 7.65. The van der Waals surface area contributed by atoms with Crippen molar-refractivity contribution in [3.05, 3.63) is 126 Å². The fraction of sp³-hybridized carbons (Fsp3) is 0.143. The molecule has 0 aliphatic carbocycles. The highest BCUT2D eigenvalue weighted by atomic mass is 19.1. The zero-order chi connectivity index (χ0) is 25.5. The minimum Gasteiger partial charge on any atom is -0.492 e. The molecule has 4 aromatic rings. The second-order valence-electron chi connectivity index (χ2n) is 8.11. The summed E-state index contributed by atoms with van der Waals surface area (Å²) in [5, 5.41) is 0.0979. The molecule has 0 bridgehead atoms. The minimum absolute atomic E-state index is 0.0381. The first-order valence-electron chi connectivity index (χ1n) is 11.5. The van der Waals surface area contributed by atoms with Crippen molar-refractivity contribution < 1.29 is 13.9 Å². The fourth-order valence-corrected chi connectivity index (χ4v) is 3.45. The van der Waals surface area contributed by atoms with E-state index < -0.39 is 16.9 Å². The number of carbonyl (C=O) groups excluding carboxylic acids is 1. The van der Waals surface area contributed by atoms with Gasteiger partial charge < -0.3 is 14.7 Å². The van der Waals surface area contributed by atoms with Crippen molar-refractivity contribution in [1.29, 1.82) is 0 Å². The molecule has 2 heterocycles. The molecule has 0 aliphatic rings. The van der Waals surface area contributed by atoms with Crippen LogP contribution in [0.3, 0.4) is 0 Å². The predicted octanol–water partition coefficient (Wildman–Crippen LogP) is 2.66. The molecule has 0 fully saturated rings. The molecule has 0 saturated carbocycles. The molecule has 0 saturated heterocycles. The quantitative estimate of drug-likeness (QED) is 0.295. The molecule has 8 heteroatoms. The molecule has 7 nitrogen and oxygen atoms in total. The number of hydrogen-bond acceptors (Lipinski definition) is 5. The molecule has 36 heavy (non-hydrogen) atoms. The zero-order valence-corrected chi connectivity index (χ0v) is 19.6. The normalized spacial score (nSPS) is 12.1. The second-order valence-corrected chi connectivity index (χ2v) is 8.11. The lowest BCUT2D eigenvalue weighted by atomic mass is 10.0. The van der Waals surface area contributed by atoms with Gasteiger partial charge in [-0.05, 0) is 66.6 Å². The van der Waals surface area contributed by atoms with Crippen molar-refractivity contribution in [2.45, 2.75) is 19.8 Å². The van der Waals surface area contributed by atoms with E-state index in [1.165, 1.54) is 36.4 Å². The smallest absolute Gasteiger partial charge is 0.272 e. The number of aromatic nitrogens is 3. The van der Waals surface area contributed by atoms with E-state index in [9.17, 15) is 18.8 Å². The Balaban J connectivity index is 1.60. The lowest BCUT2D eigenvalue weighted by Gasteiger charge is -2.04. The number of carbonyl (C=O) groups is 1. The van der Waals surface area contributed by atoms with Crippen LogP contribution in [0.4, 0.5) is 4.39 Å². The summed E-state index contributed by atoms with van der Waals surface area (Å²) in [6.07, 6.45) is 6.50. The number of unbranched alkanes of at least 4 members (excludes halogenated alkanes) is 1. The largest absolute Gasteiger partial charge is 0.492 e. The number of nitrogens with zero attached hydrogens (tertiary/aromatic N) is 1. The van der Waals surface area contributed by atoms with Crippen LogP contribution >= 0.6 is 0 Å². The minimum atomic E-state index is -0.504. The molecule has 0 atom stereocenters. The summed E-state index contributed by atoms with van der Waals surface area (Å²) in [6, 6.07) is 15.3. The molecule has 2 aromatic heterocycles. The van der Waals surface area contributed by atoms with Gasteiger partial charge in [0.2, 0.25) is 0 Å². The SMILES string of the molecule is CCCCOc1ccc(C=c2[nH]c(=O)c(=Cc3cccc(C(=O)c4ccc(F)cc4)c3)[nH]c2=O)nc1. The van der Waals surface area contributed by atoms with Crippen LogP contribution in [0.1, 0.15) is 46.9 Å². The molecular weight excluding hydrogens is 461 g/mol. The molecule has 2 N–H and O–H groups in total. The molecule has 0 radical (unpaired) electrons. The number of rotatable bonds is 8. The number of pyridine rings is 1. The van der Waals surface area contributed by atoms with Gasteiger partial charge in [0.1, 0.15) is 22.3 Å². The summed E-state index contributed by atoms with van der Waals surface area (Å²) in [4.78, 5) is 47.4. The first-order valence-corrected chi connectivity index (χ1v) is 11.5. The zero-order valence-electron chi connectivity index (χ0n) is 19.6. The van der Waals surface area contributed by atoms with Gasteiger partial charge in [-0.25, -0.2) is 4.39 Å². The van der Waals surface area contributed by atoms with Crippen LogP contribution in [-0.4, -0.2) is 27.3 Å².